The molecule has 0 radical (unpaired) electrons. The van der Waals surface area contributed by atoms with Crippen LogP contribution in [0.25, 0.3) is 0 Å². The fraction of sp³-hybridized carbons (Fsp3) is 0.625. The van der Waals surface area contributed by atoms with Gasteiger partial charge in [0.1, 0.15) is 0 Å². The third-order valence-corrected chi connectivity index (χ3v) is 5.06. The van der Waals surface area contributed by atoms with Gasteiger partial charge >= 0.3 is 0 Å². The van der Waals surface area contributed by atoms with Crippen LogP contribution in [0.3, 0.4) is 0 Å². The monoisotopic (exact) mass is 289 g/mol. The summed E-state index contributed by atoms with van der Waals surface area (Å²) < 4.78 is 0. The van der Waals surface area contributed by atoms with Crippen LogP contribution < -0.4 is 10.2 Å². The number of benzene rings is 1. The zero-order valence-corrected chi connectivity index (χ0v) is 12.5. The van der Waals surface area contributed by atoms with E-state index in [4.69, 9.17) is 0 Å². The highest BCUT2D eigenvalue weighted by atomic mass is 16.6. The van der Waals surface area contributed by atoms with Crippen molar-refractivity contribution < 1.29 is 4.92 Å². The number of nitro benzene ring substituents is 1. The van der Waals surface area contributed by atoms with Crippen LogP contribution in [0.1, 0.15) is 32.1 Å². The van der Waals surface area contributed by atoms with Crippen molar-refractivity contribution in [1.29, 1.82) is 0 Å². The van der Waals surface area contributed by atoms with E-state index in [2.05, 4.69) is 10.2 Å². The molecule has 1 aromatic carbocycles. The van der Waals surface area contributed by atoms with Crippen molar-refractivity contribution in [3.63, 3.8) is 0 Å². The minimum Gasteiger partial charge on any atom is -0.388 e. The third kappa shape index (κ3) is 2.96. The Balaban J connectivity index is 1.82. The van der Waals surface area contributed by atoms with E-state index in [1.165, 1.54) is 32.1 Å². The Kier molecular flexibility index (Phi) is 3.99. The summed E-state index contributed by atoms with van der Waals surface area (Å²) >= 11 is 0. The van der Waals surface area contributed by atoms with Gasteiger partial charge in [0.05, 0.1) is 4.92 Å². The Morgan fingerprint density at radius 2 is 1.95 bits per heavy atom. The minimum atomic E-state index is -0.308. The molecule has 0 bridgehead atoms. The average molecular weight is 289 g/mol. The third-order valence-electron chi connectivity index (χ3n) is 5.06. The van der Waals surface area contributed by atoms with Gasteiger partial charge < -0.3 is 10.2 Å². The molecule has 1 saturated heterocycles. The number of fused-ring (bicyclic) bond motifs is 1. The van der Waals surface area contributed by atoms with Crippen molar-refractivity contribution in [2.75, 3.05) is 30.4 Å². The van der Waals surface area contributed by atoms with Crippen LogP contribution in [-0.2, 0) is 0 Å². The molecule has 0 amide bonds. The summed E-state index contributed by atoms with van der Waals surface area (Å²) in [6, 6.07) is 5.33. The normalized spacial score (nSPS) is 25.3. The molecule has 1 aromatic rings. The van der Waals surface area contributed by atoms with E-state index in [-0.39, 0.29) is 10.6 Å². The number of rotatable bonds is 3. The van der Waals surface area contributed by atoms with Crippen molar-refractivity contribution >= 4 is 17.1 Å². The van der Waals surface area contributed by atoms with E-state index in [1.807, 2.05) is 6.07 Å². The van der Waals surface area contributed by atoms with Crippen LogP contribution in [0.5, 0.6) is 0 Å². The Morgan fingerprint density at radius 1 is 1.19 bits per heavy atom. The summed E-state index contributed by atoms with van der Waals surface area (Å²) in [7, 11) is 1.80. The van der Waals surface area contributed by atoms with Gasteiger partial charge in [0.2, 0.25) is 0 Å². The Labute approximate surface area is 125 Å². The van der Waals surface area contributed by atoms with Crippen LogP contribution in [-0.4, -0.2) is 25.1 Å². The number of anilines is 2. The number of hydrogen-bond donors (Lipinski definition) is 1. The maximum atomic E-state index is 11.1. The van der Waals surface area contributed by atoms with Crippen LogP contribution in [0, 0.1) is 22.0 Å². The van der Waals surface area contributed by atoms with Crippen LogP contribution in [0.4, 0.5) is 17.1 Å². The number of nitrogens with zero attached hydrogens (tertiary/aromatic N) is 2. The summed E-state index contributed by atoms with van der Waals surface area (Å²) in [6.45, 7) is 2.07. The largest absolute Gasteiger partial charge is 0.388 e. The maximum absolute atomic E-state index is 11.1. The van der Waals surface area contributed by atoms with E-state index in [0.717, 1.165) is 36.3 Å². The molecular weight excluding hydrogens is 266 g/mol. The predicted octanol–water partition coefficient (Wildman–Crippen LogP) is 3.65. The average Bonchev–Trinajstić information content (AvgIpc) is 2.53. The standard InChI is InChI=1S/C16H23N3O2/c1-17-14-8-15(10-16(9-14)19(20)21)18-7-6-12-4-2-3-5-13(12)11-18/h8-10,12-13,17H,2-7,11H2,1H3. The lowest BCUT2D eigenvalue weighted by molar-refractivity contribution is -0.384. The van der Waals surface area contributed by atoms with Crippen LogP contribution in [0.15, 0.2) is 18.2 Å². The van der Waals surface area contributed by atoms with Gasteiger partial charge in [-0.05, 0) is 30.7 Å². The first-order valence-electron chi connectivity index (χ1n) is 7.89. The maximum Gasteiger partial charge on any atom is 0.273 e. The second kappa shape index (κ2) is 5.92. The summed E-state index contributed by atoms with van der Waals surface area (Å²) in [5.41, 5.74) is 1.96. The second-order valence-corrected chi connectivity index (χ2v) is 6.28. The lowest BCUT2D eigenvalue weighted by atomic mass is 9.75. The van der Waals surface area contributed by atoms with Crippen molar-refractivity contribution in [1.82, 2.24) is 0 Å². The SMILES string of the molecule is CNc1cc(N2CCC3CCCCC3C2)cc([N+](=O)[O-])c1. The number of non-ortho nitro benzene ring substituents is 1. The summed E-state index contributed by atoms with van der Waals surface area (Å²) in [5, 5.41) is 14.1. The zero-order chi connectivity index (χ0) is 14.8. The molecule has 2 fully saturated rings. The smallest absolute Gasteiger partial charge is 0.273 e. The molecule has 1 saturated carbocycles. The lowest BCUT2D eigenvalue weighted by Gasteiger charge is -2.42. The van der Waals surface area contributed by atoms with Gasteiger partial charge in [-0.2, -0.15) is 0 Å². The minimum absolute atomic E-state index is 0.169. The summed E-state index contributed by atoms with van der Waals surface area (Å²) in [6.07, 6.45) is 6.63. The van der Waals surface area contributed by atoms with Crippen molar-refractivity contribution in [2.45, 2.75) is 32.1 Å². The zero-order valence-electron chi connectivity index (χ0n) is 12.5. The van der Waals surface area contributed by atoms with Gasteiger partial charge in [-0.1, -0.05) is 19.3 Å². The molecule has 3 rings (SSSR count). The number of nitro groups is 1. The van der Waals surface area contributed by atoms with E-state index in [9.17, 15) is 10.1 Å². The quantitative estimate of drug-likeness (QED) is 0.681. The highest BCUT2D eigenvalue weighted by Gasteiger charge is 2.31. The highest BCUT2D eigenvalue weighted by molar-refractivity contribution is 5.64. The van der Waals surface area contributed by atoms with Gasteiger partial charge in [0, 0.05) is 43.6 Å². The summed E-state index contributed by atoms with van der Waals surface area (Å²) in [5.74, 6) is 1.64. The Hall–Kier alpha value is -1.78. The molecule has 2 atom stereocenters. The lowest BCUT2D eigenvalue weighted by Crippen LogP contribution is -2.41. The Morgan fingerprint density at radius 3 is 2.67 bits per heavy atom. The fourth-order valence-corrected chi connectivity index (χ4v) is 3.86. The first-order valence-corrected chi connectivity index (χ1v) is 7.89. The number of hydrogen-bond acceptors (Lipinski definition) is 4. The van der Waals surface area contributed by atoms with Crippen molar-refractivity contribution in [3.05, 3.63) is 28.3 Å². The van der Waals surface area contributed by atoms with Crippen molar-refractivity contribution in [3.8, 4) is 0 Å². The summed E-state index contributed by atoms with van der Waals surface area (Å²) in [4.78, 5) is 13.1. The highest BCUT2D eigenvalue weighted by Crippen LogP contribution is 2.38. The molecule has 0 aromatic heterocycles. The first-order chi connectivity index (χ1) is 10.2. The molecule has 1 N–H and O–H groups in total. The molecule has 1 aliphatic carbocycles. The van der Waals surface area contributed by atoms with E-state index < -0.39 is 0 Å². The molecular formula is C16H23N3O2. The van der Waals surface area contributed by atoms with Gasteiger partial charge in [0.15, 0.2) is 0 Å². The molecule has 114 valence electrons. The van der Waals surface area contributed by atoms with Gasteiger partial charge in [0.25, 0.3) is 5.69 Å². The van der Waals surface area contributed by atoms with E-state index in [0.29, 0.717) is 0 Å². The molecule has 5 heteroatoms. The number of nitrogens with one attached hydrogen (secondary N) is 1. The first kappa shape index (κ1) is 14.2. The molecule has 0 spiro atoms. The Bertz CT molecular complexity index is 532. The molecule has 1 aliphatic heterocycles. The van der Waals surface area contributed by atoms with Gasteiger partial charge in [-0.25, -0.2) is 0 Å². The molecule has 21 heavy (non-hydrogen) atoms. The second-order valence-electron chi connectivity index (χ2n) is 6.28. The van der Waals surface area contributed by atoms with E-state index in [1.54, 1.807) is 19.2 Å². The van der Waals surface area contributed by atoms with Crippen molar-refractivity contribution in [2.24, 2.45) is 11.8 Å². The predicted molar refractivity (Wildman–Crippen MR) is 84.9 cm³/mol. The molecule has 1 heterocycles. The fourth-order valence-electron chi connectivity index (χ4n) is 3.86. The van der Waals surface area contributed by atoms with E-state index >= 15 is 0 Å². The van der Waals surface area contributed by atoms with Crippen LogP contribution >= 0.6 is 0 Å². The molecule has 2 aliphatic rings. The molecule has 5 nitrogen and oxygen atoms in total. The molecule has 2 unspecified atom stereocenters. The van der Waals surface area contributed by atoms with Gasteiger partial charge in [-0.3, -0.25) is 10.1 Å². The van der Waals surface area contributed by atoms with Crippen LogP contribution in [0.2, 0.25) is 0 Å². The van der Waals surface area contributed by atoms with Gasteiger partial charge in [-0.15, -0.1) is 0 Å². The topological polar surface area (TPSA) is 58.4 Å². The number of piperidine rings is 1.